The molecule has 0 unspecified atom stereocenters. The predicted molar refractivity (Wildman–Crippen MR) is 241 cm³/mol. The number of methoxy groups -OCH3 is 1. The Bertz CT molecular complexity index is 1940. The number of imide groups is 1. The summed E-state index contributed by atoms with van der Waals surface area (Å²) in [5.74, 6) is -4.01. The van der Waals surface area contributed by atoms with Crippen LogP contribution in [0.3, 0.4) is 0 Å². The van der Waals surface area contributed by atoms with E-state index in [0.717, 1.165) is 49.2 Å². The van der Waals surface area contributed by atoms with Crippen molar-refractivity contribution in [2.75, 3.05) is 33.4 Å². The Morgan fingerprint density at radius 3 is 2.15 bits per heavy atom. The first-order valence-electron chi connectivity index (χ1n) is 24.6. The van der Waals surface area contributed by atoms with E-state index in [2.05, 4.69) is 4.90 Å². The molecular weight excluding hydrogens is 870 g/mol. The Kier molecular flexibility index (Phi) is 15.7. The van der Waals surface area contributed by atoms with Crippen molar-refractivity contribution >= 4 is 30.0 Å². The first-order chi connectivity index (χ1) is 31.7. The standard InChI is InChI=1S/C50H74FN3O13/c1-11-38-50(9)42(53(46(58)67-50)21-20-33-16-18-36(51)19-17-33)30(5)39(55)27(2)23-49(8,61-10)43(31(6)41(32(7)44(57)64-38)65-48(60)54-28(3)26-62-47(54)59)66-45-40(56)37(22-29(4)63-45)52(24-34-12-13-34)25-35-14-15-35/h16-19,27-32,34-35,37-38,40-43,45,56H,11-15,20-26H2,1-10H3/t27-,28+,29-,30-,31+,32-,37+,38+,40-,41+,42-,43-,45+,49+,50-/m1/s1. The predicted octanol–water partition coefficient (Wildman–Crippen LogP) is 6.91. The lowest BCUT2D eigenvalue weighted by Crippen LogP contribution is -2.62. The molecule has 4 aliphatic heterocycles. The first kappa shape index (κ1) is 51.0. The number of esters is 1. The van der Waals surface area contributed by atoms with Crippen LogP contribution in [0.25, 0.3) is 0 Å². The molecule has 0 radical (unpaired) electrons. The average molecular weight is 944 g/mol. The maximum absolute atomic E-state index is 15.0. The van der Waals surface area contributed by atoms with Crippen LogP contribution < -0.4 is 0 Å². The number of ketones is 1. The summed E-state index contributed by atoms with van der Waals surface area (Å²) in [6.07, 6.45) is -3.00. The molecule has 15 atom stereocenters. The van der Waals surface area contributed by atoms with E-state index in [1.807, 2.05) is 6.92 Å². The molecule has 1 aromatic carbocycles. The fraction of sp³-hybridized carbons (Fsp3) is 0.780. The molecule has 0 bridgehead atoms. The van der Waals surface area contributed by atoms with Crippen LogP contribution in [0.4, 0.5) is 18.8 Å². The SMILES string of the molecule is CC[C@@H]1OC(=O)[C@H](C)[C@@H](OC(=O)N2C(=O)OC[C@@H]2C)[C@H](C)[C@@H](O[C@@H]2O[C@H](C)C[C@H](N(CC3CC3)CC3CC3)[C@H]2O)[C@@](C)(OC)C[C@@H](C)C(=O)[C@@H](C)[C@H]2N(CCc3ccc(F)cc3)C(=O)O[C@]12C. The Hall–Kier alpha value is -3.90. The number of hydrogen-bond acceptors (Lipinski definition) is 14. The van der Waals surface area contributed by atoms with Gasteiger partial charge in [0.15, 0.2) is 11.9 Å². The van der Waals surface area contributed by atoms with E-state index in [0.29, 0.717) is 24.7 Å². The van der Waals surface area contributed by atoms with Crippen LogP contribution in [0.1, 0.15) is 113 Å². The highest BCUT2D eigenvalue weighted by atomic mass is 19.1. The average Bonchev–Trinajstić information content (AvgIpc) is 4.23. The lowest BCUT2D eigenvalue weighted by Gasteiger charge is -2.49. The summed E-state index contributed by atoms with van der Waals surface area (Å²) >= 11 is 0. The maximum atomic E-state index is 15.0. The van der Waals surface area contributed by atoms with Crippen LogP contribution in [0.15, 0.2) is 24.3 Å². The third-order valence-corrected chi connectivity index (χ3v) is 15.6. The van der Waals surface area contributed by atoms with Crippen LogP contribution >= 0.6 is 0 Å². The third kappa shape index (κ3) is 11.0. The summed E-state index contributed by atoms with van der Waals surface area (Å²) in [6, 6.07) is 4.11. The van der Waals surface area contributed by atoms with Gasteiger partial charge in [0.25, 0.3) is 0 Å². The number of aliphatic hydroxyl groups is 1. The van der Waals surface area contributed by atoms with E-state index in [4.69, 9.17) is 33.2 Å². The fourth-order valence-electron chi connectivity index (χ4n) is 11.4. The van der Waals surface area contributed by atoms with Crippen LogP contribution in [-0.2, 0) is 49.2 Å². The number of benzene rings is 1. The second kappa shape index (κ2) is 20.6. The van der Waals surface area contributed by atoms with E-state index in [9.17, 15) is 28.7 Å². The van der Waals surface area contributed by atoms with Crippen molar-refractivity contribution in [3.05, 3.63) is 35.6 Å². The minimum atomic E-state index is -1.53. The van der Waals surface area contributed by atoms with Crippen molar-refractivity contribution in [2.45, 2.75) is 180 Å². The van der Waals surface area contributed by atoms with Crippen molar-refractivity contribution in [3.8, 4) is 0 Å². The number of ether oxygens (including phenoxy) is 7. The van der Waals surface area contributed by atoms with E-state index in [1.165, 1.54) is 24.1 Å². The Labute approximate surface area is 394 Å². The second-order valence-corrected chi connectivity index (χ2v) is 21.0. The largest absolute Gasteiger partial charge is 0.458 e. The van der Waals surface area contributed by atoms with Gasteiger partial charge in [-0.3, -0.25) is 19.4 Å². The van der Waals surface area contributed by atoms with Crippen LogP contribution in [0.2, 0.25) is 0 Å². The molecule has 3 amide bonds. The summed E-state index contributed by atoms with van der Waals surface area (Å²) in [6.45, 7) is 17.5. The molecule has 0 aromatic heterocycles. The summed E-state index contributed by atoms with van der Waals surface area (Å²) in [5.41, 5.74) is -2.14. The van der Waals surface area contributed by atoms with Gasteiger partial charge >= 0.3 is 24.2 Å². The summed E-state index contributed by atoms with van der Waals surface area (Å²) in [7, 11) is 1.49. The molecule has 4 heterocycles. The smallest absolute Gasteiger partial charge is 0.419 e. The number of Topliss-reactive ketones (excluding diaryl/α,β-unsaturated/α-hetero) is 1. The summed E-state index contributed by atoms with van der Waals surface area (Å²) in [5, 5.41) is 12.3. The molecule has 7 rings (SSSR count). The topological polar surface area (TPSA) is 180 Å². The summed E-state index contributed by atoms with van der Waals surface area (Å²) < 4.78 is 57.8. The number of cyclic esters (lactones) is 2. The second-order valence-electron chi connectivity index (χ2n) is 21.0. The highest BCUT2D eigenvalue weighted by Crippen LogP contribution is 2.45. The molecular formula is C50H74FN3O13. The zero-order valence-electron chi connectivity index (χ0n) is 41.0. The van der Waals surface area contributed by atoms with Gasteiger partial charge in [0, 0.05) is 50.5 Å². The number of hydrogen-bond donors (Lipinski definition) is 1. The highest BCUT2D eigenvalue weighted by Gasteiger charge is 2.61. The molecule has 17 heteroatoms. The lowest BCUT2D eigenvalue weighted by atomic mass is 9.73. The van der Waals surface area contributed by atoms with Crippen LogP contribution in [0, 0.1) is 41.3 Å². The molecule has 4 saturated heterocycles. The van der Waals surface area contributed by atoms with Gasteiger partial charge in [-0.2, -0.15) is 0 Å². The monoisotopic (exact) mass is 944 g/mol. The summed E-state index contributed by atoms with van der Waals surface area (Å²) in [4.78, 5) is 75.6. The van der Waals surface area contributed by atoms with Gasteiger partial charge in [-0.05, 0) is 116 Å². The van der Waals surface area contributed by atoms with Gasteiger partial charge in [-0.15, -0.1) is 0 Å². The van der Waals surface area contributed by atoms with Gasteiger partial charge in [0.05, 0.1) is 35.8 Å². The number of nitrogens with zero attached hydrogens (tertiary/aromatic N) is 3. The molecule has 1 N–H and O–H groups in total. The Morgan fingerprint density at radius 1 is 0.940 bits per heavy atom. The maximum Gasteiger partial charge on any atom is 0.419 e. The van der Waals surface area contributed by atoms with Gasteiger partial charge in [-0.1, -0.05) is 39.8 Å². The molecule has 6 fully saturated rings. The Balaban J connectivity index is 1.28. The normalized spacial score (nSPS) is 38.9. The molecule has 1 aromatic rings. The number of fused-ring (bicyclic) bond motifs is 1. The zero-order valence-corrected chi connectivity index (χ0v) is 41.0. The first-order valence-corrected chi connectivity index (χ1v) is 24.6. The minimum absolute atomic E-state index is 0.0457. The Morgan fingerprint density at radius 2 is 1.58 bits per heavy atom. The molecule has 2 aliphatic carbocycles. The van der Waals surface area contributed by atoms with Crippen molar-refractivity contribution in [1.29, 1.82) is 0 Å². The number of halogens is 1. The molecule has 6 aliphatic rings. The number of rotatable bonds is 13. The highest BCUT2D eigenvalue weighted by molar-refractivity contribution is 5.90. The van der Waals surface area contributed by atoms with Gasteiger partial charge < -0.3 is 38.3 Å². The lowest BCUT2D eigenvalue weighted by molar-refractivity contribution is -0.302. The van der Waals surface area contributed by atoms with E-state index in [-0.39, 0.29) is 43.9 Å². The molecule has 67 heavy (non-hydrogen) atoms. The number of carbonyl (C=O) groups excluding carboxylic acids is 5. The van der Waals surface area contributed by atoms with Gasteiger partial charge in [0.2, 0.25) is 0 Å². The minimum Gasteiger partial charge on any atom is -0.458 e. The van der Waals surface area contributed by atoms with Gasteiger partial charge in [-0.25, -0.2) is 23.7 Å². The number of amides is 3. The third-order valence-electron chi connectivity index (χ3n) is 15.6. The molecule has 16 nitrogen and oxygen atoms in total. The molecule has 374 valence electrons. The van der Waals surface area contributed by atoms with Crippen LogP contribution in [-0.4, -0.2) is 149 Å². The van der Waals surface area contributed by atoms with E-state index < -0.39 is 108 Å². The molecule has 0 spiro atoms. The molecule has 2 saturated carbocycles. The number of aliphatic hydroxyl groups excluding tert-OH is 1. The van der Waals surface area contributed by atoms with E-state index in [1.54, 1.807) is 67.5 Å². The van der Waals surface area contributed by atoms with E-state index >= 15 is 4.79 Å². The van der Waals surface area contributed by atoms with Crippen molar-refractivity contribution < 1.29 is 66.6 Å². The van der Waals surface area contributed by atoms with Crippen LogP contribution in [0.5, 0.6) is 0 Å². The quantitative estimate of drug-likeness (QED) is 0.159. The zero-order chi connectivity index (χ0) is 48.7. The van der Waals surface area contributed by atoms with Crippen molar-refractivity contribution in [3.63, 3.8) is 0 Å². The number of carbonyl (C=O) groups is 5. The van der Waals surface area contributed by atoms with Crippen molar-refractivity contribution in [1.82, 2.24) is 14.7 Å². The van der Waals surface area contributed by atoms with Crippen molar-refractivity contribution in [2.24, 2.45) is 35.5 Å². The fourth-order valence-corrected chi connectivity index (χ4v) is 11.4. The van der Waals surface area contributed by atoms with Gasteiger partial charge in [0.1, 0.15) is 36.5 Å².